The summed E-state index contributed by atoms with van der Waals surface area (Å²) in [7, 11) is 0. The van der Waals surface area contributed by atoms with Crippen molar-refractivity contribution in [2.24, 2.45) is 0 Å². The lowest BCUT2D eigenvalue weighted by Crippen LogP contribution is -2.05. The molecule has 75 heavy (non-hydrogen) atoms. The predicted octanol–water partition coefficient (Wildman–Crippen LogP) is 16.2. The van der Waals surface area contributed by atoms with Crippen LogP contribution in [0.4, 0.5) is 0 Å². The number of rotatable bonds is 8. The molecule has 9 nitrogen and oxygen atoms in total. The lowest BCUT2D eigenvalue weighted by atomic mass is 10.0. The molecule has 5 aromatic heterocycles. The summed E-state index contributed by atoms with van der Waals surface area (Å²) < 4.78 is 11.2. The van der Waals surface area contributed by atoms with Crippen LogP contribution >= 0.6 is 0 Å². The van der Waals surface area contributed by atoms with Gasteiger partial charge in [0.1, 0.15) is 11.2 Å². The van der Waals surface area contributed by atoms with Crippen molar-refractivity contribution >= 4 is 65.6 Å². The minimum atomic E-state index is 0.491. The molecule has 9 heteroatoms. The standard InChI is InChI=1S/C66H40N8O/c1-5-20-41(21-6-1)61-67-62(42-22-7-2-8-23-42)71-66(70-61)51-40-44(36-38-54(51)74-52-32-16-13-28-46(52)47-37-39-57-59(60(47)74)49-30-15-18-35-56(49)75-57)64-68-63(43-24-9-3-10-25-43)69-65(72-64)50-31-19-34-55-58(50)48-29-14-17-33-53(48)73(55)45-26-11-4-12-27-45/h1-40H. The Balaban J connectivity index is 1.03. The van der Waals surface area contributed by atoms with Gasteiger partial charge in [-0.1, -0.05) is 176 Å². The first-order valence-corrected chi connectivity index (χ1v) is 25.0. The fraction of sp³-hybridized carbons (Fsp3) is 0. The number of nitrogens with zero attached hydrogens (tertiary/aromatic N) is 8. The van der Waals surface area contributed by atoms with Gasteiger partial charge in [0.25, 0.3) is 0 Å². The van der Waals surface area contributed by atoms with E-state index >= 15 is 0 Å². The molecule has 0 saturated heterocycles. The molecule has 0 spiro atoms. The van der Waals surface area contributed by atoms with Gasteiger partial charge in [0, 0.05) is 66.0 Å². The average molecular weight is 961 g/mol. The van der Waals surface area contributed by atoms with Gasteiger partial charge in [0.2, 0.25) is 0 Å². The number of benzene rings is 10. The Morgan fingerprint density at radius 1 is 0.280 bits per heavy atom. The predicted molar refractivity (Wildman–Crippen MR) is 302 cm³/mol. The van der Waals surface area contributed by atoms with E-state index in [0.717, 1.165) is 110 Å². The minimum absolute atomic E-state index is 0.491. The maximum Gasteiger partial charge on any atom is 0.166 e. The molecule has 0 bridgehead atoms. The summed E-state index contributed by atoms with van der Waals surface area (Å²) in [5.74, 6) is 3.21. The molecule has 15 aromatic rings. The lowest BCUT2D eigenvalue weighted by molar-refractivity contribution is 0.669. The number of hydrogen-bond donors (Lipinski definition) is 0. The first kappa shape index (κ1) is 42.3. The van der Waals surface area contributed by atoms with Crippen molar-refractivity contribution < 1.29 is 4.42 Å². The molecule has 0 atom stereocenters. The summed E-state index contributed by atoms with van der Waals surface area (Å²) in [4.78, 5) is 32.0. The fourth-order valence-electron chi connectivity index (χ4n) is 10.9. The number of para-hydroxylation sites is 4. The number of hydrogen-bond acceptors (Lipinski definition) is 7. The topological polar surface area (TPSA) is 100 Å². The van der Waals surface area contributed by atoms with Gasteiger partial charge in [-0.3, -0.25) is 0 Å². The molecule has 0 fully saturated rings. The third-order valence-corrected chi connectivity index (χ3v) is 14.2. The SMILES string of the molecule is c1ccc(-c2nc(-c3ccccc3)nc(-c3cc(-c4nc(-c5ccccc5)nc(-c5cccc6c5c5ccccc5n6-c5ccccc5)n4)ccc3-n3c4ccccc4c4ccc5oc6ccccc6c5c43)n2)cc1. The highest BCUT2D eigenvalue weighted by molar-refractivity contribution is 6.24. The lowest BCUT2D eigenvalue weighted by Gasteiger charge is -2.17. The molecule has 0 aliphatic rings. The molecular weight excluding hydrogens is 921 g/mol. The highest BCUT2D eigenvalue weighted by Gasteiger charge is 2.25. The summed E-state index contributed by atoms with van der Waals surface area (Å²) in [5, 5.41) is 6.43. The first-order valence-electron chi connectivity index (χ1n) is 25.0. The largest absolute Gasteiger partial charge is 0.456 e. The van der Waals surface area contributed by atoms with Gasteiger partial charge in [-0.05, 0) is 66.7 Å². The van der Waals surface area contributed by atoms with Crippen LogP contribution in [0.1, 0.15) is 0 Å². The van der Waals surface area contributed by atoms with E-state index in [2.05, 4.69) is 143 Å². The summed E-state index contributed by atoms with van der Waals surface area (Å²) in [6.07, 6.45) is 0. The van der Waals surface area contributed by atoms with Crippen LogP contribution in [0.25, 0.3) is 145 Å². The molecule has 10 aromatic carbocycles. The van der Waals surface area contributed by atoms with Crippen molar-refractivity contribution in [2.45, 2.75) is 0 Å². The Kier molecular flexibility index (Phi) is 9.67. The second-order valence-electron chi connectivity index (χ2n) is 18.6. The van der Waals surface area contributed by atoms with Gasteiger partial charge >= 0.3 is 0 Å². The van der Waals surface area contributed by atoms with E-state index in [1.807, 2.05) is 109 Å². The monoisotopic (exact) mass is 960 g/mol. The summed E-state index contributed by atoms with van der Waals surface area (Å²) in [6.45, 7) is 0. The third-order valence-electron chi connectivity index (χ3n) is 14.2. The average Bonchev–Trinajstić information content (AvgIpc) is 4.25. The van der Waals surface area contributed by atoms with Crippen LogP contribution < -0.4 is 0 Å². The molecule has 15 rings (SSSR count). The van der Waals surface area contributed by atoms with Gasteiger partial charge in [0.05, 0.1) is 33.1 Å². The van der Waals surface area contributed by atoms with Gasteiger partial charge in [0.15, 0.2) is 34.9 Å². The van der Waals surface area contributed by atoms with E-state index in [9.17, 15) is 0 Å². The highest BCUT2D eigenvalue weighted by atomic mass is 16.3. The van der Waals surface area contributed by atoms with Crippen molar-refractivity contribution in [3.05, 3.63) is 243 Å². The molecule has 0 radical (unpaired) electrons. The quantitative estimate of drug-likeness (QED) is 0.149. The van der Waals surface area contributed by atoms with E-state index in [1.165, 1.54) is 0 Å². The Labute approximate surface area is 429 Å². The molecule has 350 valence electrons. The molecule has 0 amide bonds. The van der Waals surface area contributed by atoms with E-state index in [4.69, 9.17) is 34.3 Å². The Morgan fingerprint density at radius 2 is 0.773 bits per heavy atom. The zero-order valence-electron chi connectivity index (χ0n) is 40.1. The van der Waals surface area contributed by atoms with Crippen LogP contribution in [0, 0.1) is 0 Å². The van der Waals surface area contributed by atoms with Crippen LogP contribution in [0.3, 0.4) is 0 Å². The van der Waals surface area contributed by atoms with E-state index in [0.29, 0.717) is 34.9 Å². The van der Waals surface area contributed by atoms with Crippen LogP contribution in [0.2, 0.25) is 0 Å². The molecular formula is C66H40N8O. The van der Waals surface area contributed by atoms with Crippen molar-refractivity contribution in [3.8, 4) is 79.7 Å². The van der Waals surface area contributed by atoms with Crippen molar-refractivity contribution in [2.75, 3.05) is 0 Å². The van der Waals surface area contributed by atoms with Gasteiger partial charge in [-0.2, -0.15) is 0 Å². The van der Waals surface area contributed by atoms with Crippen LogP contribution in [0.5, 0.6) is 0 Å². The second-order valence-corrected chi connectivity index (χ2v) is 18.6. The summed E-state index contributed by atoms with van der Waals surface area (Å²) in [6, 6.07) is 83.2. The minimum Gasteiger partial charge on any atom is -0.456 e. The van der Waals surface area contributed by atoms with Gasteiger partial charge < -0.3 is 13.6 Å². The zero-order chi connectivity index (χ0) is 49.4. The van der Waals surface area contributed by atoms with Crippen molar-refractivity contribution in [3.63, 3.8) is 0 Å². The number of furan rings is 1. The number of fused-ring (bicyclic) bond motifs is 10. The molecule has 0 aliphatic heterocycles. The third kappa shape index (κ3) is 6.94. The first-order chi connectivity index (χ1) is 37.2. The van der Waals surface area contributed by atoms with Gasteiger partial charge in [-0.15, -0.1) is 0 Å². The molecule has 5 heterocycles. The Bertz CT molecular complexity index is 4640. The molecule has 0 aliphatic carbocycles. The van der Waals surface area contributed by atoms with E-state index < -0.39 is 0 Å². The van der Waals surface area contributed by atoms with Crippen LogP contribution in [0.15, 0.2) is 247 Å². The van der Waals surface area contributed by atoms with E-state index in [-0.39, 0.29) is 0 Å². The highest BCUT2D eigenvalue weighted by Crippen LogP contribution is 2.44. The molecule has 0 unspecified atom stereocenters. The van der Waals surface area contributed by atoms with Crippen molar-refractivity contribution in [1.82, 2.24) is 39.0 Å². The van der Waals surface area contributed by atoms with Gasteiger partial charge in [-0.25, -0.2) is 29.9 Å². The molecule has 0 N–H and O–H groups in total. The van der Waals surface area contributed by atoms with Crippen LogP contribution in [-0.2, 0) is 0 Å². The van der Waals surface area contributed by atoms with E-state index in [1.54, 1.807) is 0 Å². The van der Waals surface area contributed by atoms with Crippen LogP contribution in [-0.4, -0.2) is 39.0 Å². The summed E-state index contributed by atoms with van der Waals surface area (Å²) in [5.41, 5.74) is 12.8. The number of aromatic nitrogens is 8. The Hall–Kier alpha value is -10.4. The normalized spacial score (nSPS) is 11.7. The smallest absolute Gasteiger partial charge is 0.166 e. The fourth-order valence-corrected chi connectivity index (χ4v) is 10.9. The summed E-state index contributed by atoms with van der Waals surface area (Å²) >= 11 is 0. The maximum absolute atomic E-state index is 6.57. The second kappa shape index (κ2) is 17.1. The molecule has 0 saturated carbocycles. The van der Waals surface area contributed by atoms with Crippen molar-refractivity contribution in [1.29, 1.82) is 0 Å². The maximum atomic E-state index is 6.57. The Morgan fingerprint density at radius 3 is 1.41 bits per heavy atom. The zero-order valence-corrected chi connectivity index (χ0v) is 40.1.